The third-order valence-electron chi connectivity index (χ3n) is 4.00. The van der Waals surface area contributed by atoms with Gasteiger partial charge in [-0.25, -0.2) is 8.42 Å². The van der Waals surface area contributed by atoms with Gasteiger partial charge in [0.05, 0.1) is 11.9 Å². The Kier molecular flexibility index (Phi) is 7.85. The largest absolute Gasteiger partial charge is 0.299 e. The summed E-state index contributed by atoms with van der Waals surface area (Å²) in [4.78, 5) is 12.9. The summed E-state index contributed by atoms with van der Waals surface area (Å²) in [6.07, 6.45) is 2.46. The Morgan fingerprint density at radius 2 is 2.00 bits per heavy atom. The molecule has 28 heavy (non-hydrogen) atoms. The Balaban J connectivity index is 2.32. The highest BCUT2D eigenvalue weighted by Gasteiger charge is 2.33. The topological polar surface area (TPSA) is 92.3 Å². The Morgan fingerprint density at radius 1 is 1.29 bits per heavy atom. The van der Waals surface area contributed by atoms with Gasteiger partial charge in [0.2, 0.25) is 21.1 Å². The number of aromatic nitrogens is 2. The van der Waals surface area contributed by atoms with E-state index < -0.39 is 22.0 Å². The number of anilines is 2. The molecule has 0 aliphatic carbocycles. The second kappa shape index (κ2) is 9.71. The first-order chi connectivity index (χ1) is 13.2. The molecule has 0 aliphatic rings. The molecule has 1 amide bonds. The fraction of sp³-hybridized carbons (Fsp3) is 0.500. The van der Waals surface area contributed by atoms with Gasteiger partial charge in [-0.05, 0) is 43.9 Å². The van der Waals surface area contributed by atoms with Gasteiger partial charge in [-0.3, -0.25) is 14.4 Å². The molecule has 0 saturated carbocycles. The molecular weight excluding hydrogens is 416 g/mol. The Labute approximate surface area is 175 Å². The maximum absolute atomic E-state index is 12.9. The van der Waals surface area contributed by atoms with E-state index in [1.165, 1.54) is 15.6 Å². The zero-order valence-electron chi connectivity index (χ0n) is 16.7. The van der Waals surface area contributed by atoms with Crippen molar-refractivity contribution in [3.63, 3.8) is 0 Å². The first kappa shape index (κ1) is 22.6. The summed E-state index contributed by atoms with van der Waals surface area (Å²) in [5.41, 5.74) is 2.23. The van der Waals surface area contributed by atoms with E-state index in [-0.39, 0.29) is 0 Å². The van der Waals surface area contributed by atoms with Crippen LogP contribution >= 0.6 is 23.1 Å². The molecule has 0 saturated heterocycles. The molecule has 1 N–H and O–H groups in total. The summed E-state index contributed by atoms with van der Waals surface area (Å²) < 4.78 is 27.2. The summed E-state index contributed by atoms with van der Waals surface area (Å²) in [5, 5.41) is 11.2. The van der Waals surface area contributed by atoms with E-state index in [0.717, 1.165) is 33.9 Å². The number of amides is 1. The predicted octanol–water partition coefficient (Wildman–Crippen LogP) is 3.84. The number of hydrogen-bond acceptors (Lipinski definition) is 7. The van der Waals surface area contributed by atoms with Crippen molar-refractivity contribution in [3.8, 4) is 0 Å². The molecule has 0 aliphatic heterocycles. The average molecular weight is 443 g/mol. The minimum absolute atomic E-state index is 0.322. The highest BCUT2D eigenvalue weighted by atomic mass is 32.2. The van der Waals surface area contributed by atoms with E-state index in [1.54, 1.807) is 24.8 Å². The summed E-state index contributed by atoms with van der Waals surface area (Å²) in [5.74, 6) is 0.506. The standard InChI is InChI=1S/C18H26N4O3S3/c1-6-10-26-18-21-20-17(27-18)19-16(23)14(7-2)22(28(5,24)25)15-11-12(3)8-9-13(15)4/h8-9,11,14H,6-7,10H2,1-5H3,(H,19,20,23)/t14-/m0/s1. The lowest BCUT2D eigenvalue weighted by Gasteiger charge is -2.31. The van der Waals surface area contributed by atoms with Crippen LogP contribution in [0, 0.1) is 13.8 Å². The molecule has 0 radical (unpaired) electrons. The van der Waals surface area contributed by atoms with Crippen LogP contribution in [0.1, 0.15) is 37.8 Å². The van der Waals surface area contributed by atoms with Gasteiger partial charge < -0.3 is 0 Å². The van der Waals surface area contributed by atoms with E-state index in [9.17, 15) is 13.2 Å². The lowest BCUT2D eigenvalue weighted by atomic mass is 10.1. The Hall–Kier alpha value is -1.65. The summed E-state index contributed by atoms with van der Waals surface area (Å²) >= 11 is 2.87. The number of carbonyl (C=O) groups is 1. The molecule has 2 aromatic rings. The van der Waals surface area contributed by atoms with Crippen molar-refractivity contribution in [1.29, 1.82) is 0 Å². The van der Waals surface area contributed by atoms with Gasteiger partial charge in [0.25, 0.3) is 0 Å². The lowest BCUT2D eigenvalue weighted by molar-refractivity contribution is -0.117. The molecule has 2 rings (SSSR count). The van der Waals surface area contributed by atoms with Crippen LogP contribution in [-0.4, -0.2) is 42.6 Å². The molecule has 7 nitrogen and oxygen atoms in total. The van der Waals surface area contributed by atoms with Gasteiger partial charge in [-0.2, -0.15) is 0 Å². The molecule has 1 heterocycles. The van der Waals surface area contributed by atoms with E-state index in [2.05, 4.69) is 22.4 Å². The van der Waals surface area contributed by atoms with Crippen LogP contribution in [0.2, 0.25) is 0 Å². The van der Waals surface area contributed by atoms with Crippen molar-refractivity contribution < 1.29 is 13.2 Å². The molecule has 154 valence electrons. The maximum Gasteiger partial charge on any atom is 0.250 e. The van der Waals surface area contributed by atoms with Crippen LogP contribution < -0.4 is 9.62 Å². The van der Waals surface area contributed by atoms with Crippen molar-refractivity contribution in [1.82, 2.24) is 10.2 Å². The fourth-order valence-corrected chi connectivity index (χ4v) is 5.63. The number of carbonyl (C=O) groups excluding carboxylic acids is 1. The minimum atomic E-state index is -3.68. The monoisotopic (exact) mass is 442 g/mol. The number of sulfonamides is 1. The molecule has 0 spiro atoms. The third kappa shape index (κ3) is 5.68. The number of aryl methyl sites for hydroxylation is 2. The number of nitrogens with zero attached hydrogens (tertiary/aromatic N) is 3. The highest BCUT2D eigenvalue weighted by molar-refractivity contribution is 8.01. The van der Waals surface area contributed by atoms with Gasteiger partial charge in [0.15, 0.2) is 4.34 Å². The van der Waals surface area contributed by atoms with E-state index in [4.69, 9.17) is 0 Å². The Morgan fingerprint density at radius 3 is 2.61 bits per heavy atom. The van der Waals surface area contributed by atoms with Crippen LogP contribution in [0.5, 0.6) is 0 Å². The van der Waals surface area contributed by atoms with Crippen LogP contribution in [0.25, 0.3) is 0 Å². The molecule has 1 aromatic carbocycles. The first-order valence-electron chi connectivity index (χ1n) is 9.01. The highest BCUT2D eigenvalue weighted by Crippen LogP contribution is 2.29. The van der Waals surface area contributed by atoms with Crippen molar-refractivity contribution in [3.05, 3.63) is 29.3 Å². The SMILES string of the molecule is CCCSc1nnc(NC(=O)[C@H](CC)N(c2cc(C)ccc2C)S(C)(=O)=O)s1. The Bertz CT molecular complexity index is 928. The molecule has 0 fully saturated rings. The van der Waals surface area contributed by atoms with Crippen molar-refractivity contribution in [2.24, 2.45) is 0 Å². The van der Waals surface area contributed by atoms with Crippen molar-refractivity contribution in [2.45, 2.75) is 50.9 Å². The first-order valence-corrected chi connectivity index (χ1v) is 12.7. The number of hydrogen-bond donors (Lipinski definition) is 1. The van der Waals surface area contributed by atoms with Gasteiger partial charge in [0.1, 0.15) is 6.04 Å². The minimum Gasteiger partial charge on any atom is -0.299 e. The molecule has 1 atom stereocenters. The number of rotatable bonds is 9. The van der Waals surface area contributed by atoms with E-state index in [1.807, 2.05) is 26.0 Å². The van der Waals surface area contributed by atoms with Crippen molar-refractivity contribution >= 4 is 49.8 Å². The number of nitrogens with one attached hydrogen (secondary N) is 1. The smallest absolute Gasteiger partial charge is 0.250 e. The van der Waals surface area contributed by atoms with Crippen LogP contribution in [0.3, 0.4) is 0 Å². The summed E-state index contributed by atoms with van der Waals surface area (Å²) in [7, 11) is -3.68. The average Bonchev–Trinajstić information content (AvgIpc) is 3.06. The number of thioether (sulfide) groups is 1. The lowest BCUT2D eigenvalue weighted by Crippen LogP contribution is -2.47. The van der Waals surface area contributed by atoms with Gasteiger partial charge in [0, 0.05) is 5.75 Å². The second-order valence-electron chi connectivity index (χ2n) is 6.48. The summed E-state index contributed by atoms with van der Waals surface area (Å²) in [6.45, 7) is 7.59. The van der Waals surface area contributed by atoms with Crippen LogP contribution in [-0.2, 0) is 14.8 Å². The van der Waals surface area contributed by atoms with Crippen LogP contribution in [0.15, 0.2) is 22.5 Å². The van der Waals surface area contributed by atoms with E-state index in [0.29, 0.717) is 17.2 Å². The summed E-state index contributed by atoms with van der Waals surface area (Å²) in [6, 6.07) is 4.68. The molecule has 0 unspecified atom stereocenters. The molecule has 0 bridgehead atoms. The maximum atomic E-state index is 12.9. The molecular formula is C18H26N4O3S3. The third-order valence-corrected chi connectivity index (χ3v) is 7.34. The predicted molar refractivity (Wildman–Crippen MR) is 117 cm³/mol. The van der Waals surface area contributed by atoms with E-state index >= 15 is 0 Å². The molecule has 1 aromatic heterocycles. The normalized spacial score (nSPS) is 12.6. The fourth-order valence-electron chi connectivity index (χ4n) is 2.69. The quantitative estimate of drug-likeness (QED) is 0.468. The van der Waals surface area contributed by atoms with Crippen molar-refractivity contribution in [2.75, 3.05) is 21.6 Å². The van der Waals surface area contributed by atoms with Gasteiger partial charge in [-0.15, -0.1) is 10.2 Å². The zero-order chi connectivity index (χ0) is 20.9. The zero-order valence-corrected chi connectivity index (χ0v) is 19.2. The van der Waals surface area contributed by atoms with Gasteiger partial charge in [-0.1, -0.05) is 49.1 Å². The number of benzene rings is 1. The second-order valence-corrected chi connectivity index (χ2v) is 10.7. The van der Waals surface area contributed by atoms with Gasteiger partial charge >= 0.3 is 0 Å². The van der Waals surface area contributed by atoms with Crippen LogP contribution in [0.4, 0.5) is 10.8 Å². The molecule has 10 heteroatoms.